The van der Waals surface area contributed by atoms with Crippen molar-refractivity contribution in [2.24, 2.45) is 0 Å². The number of pyridine rings is 1. The van der Waals surface area contributed by atoms with E-state index >= 15 is 0 Å². The lowest BCUT2D eigenvalue weighted by Gasteiger charge is -2.15. The summed E-state index contributed by atoms with van der Waals surface area (Å²) in [6, 6.07) is 3.95. The van der Waals surface area contributed by atoms with E-state index in [1.807, 2.05) is 13.0 Å². The fourth-order valence-corrected chi connectivity index (χ4v) is 4.35. The lowest BCUT2D eigenvalue weighted by Crippen LogP contribution is -2.29. The topological polar surface area (TPSA) is 80.0 Å². The minimum Gasteiger partial charge on any atom is -0.348 e. The molecule has 0 saturated carbocycles. The molecule has 0 unspecified atom stereocenters. The first-order valence-electron chi connectivity index (χ1n) is 9.04. The molecule has 1 aliphatic rings. The lowest BCUT2D eigenvalue weighted by molar-refractivity contribution is 0.0958. The number of rotatable bonds is 4. The summed E-state index contributed by atoms with van der Waals surface area (Å²) in [7, 11) is 0. The highest BCUT2D eigenvalue weighted by Crippen LogP contribution is 2.32. The van der Waals surface area contributed by atoms with Crippen molar-refractivity contribution in [2.75, 3.05) is 19.6 Å². The van der Waals surface area contributed by atoms with Crippen LogP contribution in [-0.4, -0.2) is 35.7 Å². The Morgan fingerprint density at radius 2 is 2.19 bits per heavy atom. The third-order valence-corrected chi connectivity index (χ3v) is 5.78. The maximum atomic E-state index is 13.0. The van der Waals surface area contributed by atoms with Gasteiger partial charge in [0.1, 0.15) is 0 Å². The first-order valence-corrected chi connectivity index (χ1v) is 9.86. The molecule has 0 spiro atoms. The monoisotopic (exact) mass is 382 g/mol. The highest BCUT2D eigenvalue weighted by Gasteiger charge is 2.20. The number of thiophene rings is 1. The minimum atomic E-state index is -0.126. The summed E-state index contributed by atoms with van der Waals surface area (Å²) < 4.78 is 5.39. The first-order chi connectivity index (χ1) is 13.0. The van der Waals surface area contributed by atoms with E-state index in [1.165, 1.54) is 15.3 Å². The van der Waals surface area contributed by atoms with Crippen molar-refractivity contribution in [3.05, 3.63) is 44.8 Å². The normalized spacial score (nSPS) is 14.4. The number of amides is 1. The fraction of sp³-hybridized carbons (Fsp3) is 0.350. The van der Waals surface area contributed by atoms with E-state index in [2.05, 4.69) is 46.8 Å². The Labute approximate surface area is 161 Å². The van der Waals surface area contributed by atoms with Crippen LogP contribution in [0.15, 0.2) is 28.3 Å². The second kappa shape index (κ2) is 7.25. The largest absolute Gasteiger partial charge is 0.348 e. The van der Waals surface area contributed by atoms with Crippen LogP contribution in [0.2, 0.25) is 0 Å². The Morgan fingerprint density at radius 3 is 2.89 bits per heavy atom. The number of aromatic nitrogens is 2. The van der Waals surface area contributed by atoms with Gasteiger partial charge in [0.15, 0.2) is 0 Å². The summed E-state index contributed by atoms with van der Waals surface area (Å²) >= 11 is 1.72. The molecule has 1 aliphatic heterocycles. The predicted octanol–water partition coefficient (Wildman–Crippen LogP) is 3.53. The third-order valence-electron chi connectivity index (χ3n) is 4.81. The van der Waals surface area contributed by atoms with Gasteiger partial charge in [-0.1, -0.05) is 16.8 Å². The molecular formula is C20H22N4O2S. The zero-order valence-corrected chi connectivity index (χ0v) is 16.5. The first kappa shape index (κ1) is 17.9. The van der Waals surface area contributed by atoms with Crippen LogP contribution in [0.25, 0.3) is 22.4 Å². The van der Waals surface area contributed by atoms with Gasteiger partial charge in [0.25, 0.3) is 11.6 Å². The van der Waals surface area contributed by atoms with E-state index in [9.17, 15) is 4.79 Å². The zero-order chi connectivity index (χ0) is 19.0. The molecule has 7 heteroatoms. The maximum absolute atomic E-state index is 13.0. The molecule has 0 fully saturated rings. The second-order valence-corrected chi connectivity index (χ2v) is 8.29. The van der Waals surface area contributed by atoms with Crippen molar-refractivity contribution in [3.63, 3.8) is 0 Å². The molecule has 0 radical (unpaired) electrons. The molecule has 3 aromatic heterocycles. The van der Waals surface area contributed by atoms with Gasteiger partial charge in [-0.05, 0) is 45.9 Å². The smallest absolute Gasteiger partial charge is 0.259 e. The zero-order valence-electron chi connectivity index (χ0n) is 15.7. The summed E-state index contributed by atoms with van der Waals surface area (Å²) in [5.41, 5.74) is 4.66. The van der Waals surface area contributed by atoms with Crippen LogP contribution >= 0.6 is 11.3 Å². The quantitative estimate of drug-likeness (QED) is 0.675. The van der Waals surface area contributed by atoms with Gasteiger partial charge in [0.2, 0.25) is 0 Å². The lowest BCUT2D eigenvalue weighted by atomic mass is 10.0. The number of nitrogens with zero attached hydrogens (tertiary/aromatic N) is 2. The van der Waals surface area contributed by atoms with Gasteiger partial charge in [0, 0.05) is 28.4 Å². The van der Waals surface area contributed by atoms with Gasteiger partial charge in [-0.25, -0.2) is 4.98 Å². The van der Waals surface area contributed by atoms with Gasteiger partial charge < -0.3 is 15.2 Å². The number of carbonyl (C=O) groups excluding carboxylic acids is 1. The molecule has 0 aliphatic carbocycles. The molecule has 140 valence electrons. The number of nitrogens with one attached hydrogen (secondary N) is 2. The van der Waals surface area contributed by atoms with E-state index < -0.39 is 0 Å². The Kier molecular flexibility index (Phi) is 4.80. The van der Waals surface area contributed by atoms with Crippen LogP contribution in [0.5, 0.6) is 0 Å². The Morgan fingerprint density at radius 1 is 1.33 bits per heavy atom. The van der Waals surface area contributed by atoms with Gasteiger partial charge in [0.05, 0.1) is 22.3 Å². The highest BCUT2D eigenvalue weighted by molar-refractivity contribution is 7.12. The average molecular weight is 382 g/mol. The molecular weight excluding hydrogens is 360 g/mol. The number of carbonyl (C=O) groups is 1. The summed E-state index contributed by atoms with van der Waals surface area (Å²) in [4.78, 5) is 20.0. The summed E-state index contributed by atoms with van der Waals surface area (Å²) in [5, 5.41) is 11.0. The molecule has 0 atom stereocenters. The molecule has 4 rings (SSSR count). The molecule has 0 aromatic carbocycles. The van der Waals surface area contributed by atoms with E-state index in [-0.39, 0.29) is 5.91 Å². The van der Waals surface area contributed by atoms with Crippen molar-refractivity contribution in [3.8, 4) is 11.3 Å². The maximum Gasteiger partial charge on any atom is 0.259 e. The fourth-order valence-electron chi connectivity index (χ4n) is 3.42. The van der Waals surface area contributed by atoms with Gasteiger partial charge in [-0.15, -0.1) is 11.3 Å². The van der Waals surface area contributed by atoms with Crippen LogP contribution < -0.4 is 10.6 Å². The number of fused-ring (bicyclic) bond motifs is 1. The molecule has 1 amide bonds. The predicted molar refractivity (Wildman–Crippen MR) is 107 cm³/mol. The Balaban J connectivity index is 1.71. The van der Waals surface area contributed by atoms with Crippen molar-refractivity contribution >= 4 is 28.3 Å². The number of hydrogen-bond acceptors (Lipinski definition) is 6. The van der Waals surface area contributed by atoms with Crippen LogP contribution in [0, 0.1) is 20.8 Å². The number of hydrogen-bond donors (Lipinski definition) is 2. The van der Waals surface area contributed by atoms with E-state index in [0.29, 0.717) is 28.9 Å². The molecule has 3 aromatic rings. The van der Waals surface area contributed by atoms with Crippen LogP contribution in [0.1, 0.15) is 32.2 Å². The molecule has 2 N–H and O–H groups in total. The molecule has 0 bridgehead atoms. The van der Waals surface area contributed by atoms with E-state index in [1.54, 1.807) is 11.3 Å². The second-order valence-electron chi connectivity index (χ2n) is 6.83. The van der Waals surface area contributed by atoms with Crippen LogP contribution in [-0.2, 0) is 0 Å². The Hall–Kier alpha value is -2.51. The van der Waals surface area contributed by atoms with Crippen LogP contribution in [0.3, 0.4) is 0 Å². The van der Waals surface area contributed by atoms with Crippen molar-refractivity contribution < 1.29 is 9.32 Å². The summed E-state index contributed by atoms with van der Waals surface area (Å²) in [6.07, 6.45) is 3.09. The molecule has 0 saturated heterocycles. The minimum absolute atomic E-state index is 0.126. The van der Waals surface area contributed by atoms with Gasteiger partial charge in [-0.3, -0.25) is 4.79 Å². The van der Waals surface area contributed by atoms with Gasteiger partial charge >= 0.3 is 0 Å². The molecule has 6 nitrogen and oxygen atoms in total. The average Bonchev–Trinajstić information content (AvgIpc) is 3.21. The highest BCUT2D eigenvalue weighted by atomic mass is 32.1. The van der Waals surface area contributed by atoms with Crippen molar-refractivity contribution in [1.82, 2.24) is 20.8 Å². The van der Waals surface area contributed by atoms with Crippen molar-refractivity contribution in [2.45, 2.75) is 27.2 Å². The van der Waals surface area contributed by atoms with Gasteiger partial charge in [-0.2, -0.15) is 0 Å². The molecule has 4 heterocycles. The SMILES string of the molecule is Cc1cc(-c2cc(C(=O)NCC3=CCNCC3)c3c(C)noc3n2)c(C)s1. The Bertz CT molecular complexity index is 1050. The standard InChI is InChI=1S/C20H22N4O2S/c1-11-8-15(13(3)27-11)17-9-16(18-12(2)24-26-20(18)23-17)19(25)22-10-14-4-6-21-7-5-14/h4,8-9,21H,5-7,10H2,1-3H3,(H,22,25). The van der Waals surface area contributed by atoms with Crippen LogP contribution in [0.4, 0.5) is 0 Å². The number of aryl methyl sites for hydroxylation is 3. The van der Waals surface area contributed by atoms with E-state index in [0.717, 1.165) is 30.8 Å². The summed E-state index contributed by atoms with van der Waals surface area (Å²) in [6.45, 7) is 8.33. The molecule has 27 heavy (non-hydrogen) atoms. The third kappa shape index (κ3) is 3.52. The van der Waals surface area contributed by atoms with E-state index in [4.69, 9.17) is 4.52 Å². The van der Waals surface area contributed by atoms with Crippen molar-refractivity contribution in [1.29, 1.82) is 0 Å². The summed E-state index contributed by atoms with van der Waals surface area (Å²) in [5.74, 6) is -0.126.